The Kier molecular flexibility index (Phi) is 5.80. The molecule has 0 saturated carbocycles. The molecule has 194 valence electrons. The van der Waals surface area contributed by atoms with Crippen LogP contribution in [-0.2, 0) is 9.59 Å². The molecule has 1 amide bonds. The number of imidazole rings is 1. The van der Waals surface area contributed by atoms with E-state index < -0.39 is 17.7 Å². The predicted molar refractivity (Wildman–Crippen MR) is 149 cm³/mol. The van der Waals surface area contributed by atoms with Gasteiger partial charge in [0.25, 0.3) is 5.78 Å². The van der Waals surface area contributed by atoms with Crippen LogP contribution in [0.3, 0.4) is 0 Å². The van der Waals surface area contributed by atoms with Crippen molar-refractivity contribution in [3.05, 3.63) is 101 Å². The average Bonchev–Trinajstić information content (AvgIpc) is 3.48. The number of anilines is 1. The highest BCUT2D eigenvalue weighted by Gasteiger charge is 2.48. The molecule has 2 heterocycles. The third kappa shape index (κ3) is 3.88. The summed E-state index contributed by atoms with van der Waals surface area (Å²) in [5, 5.41) is 13.3. The van der Waals surface area contributed by atoms with E-state index in [1.165, 1.54) is 19.1 Å². The predicted octanol–water partition coefficient (Wildman–Crippen LogP) is 5.67. The van der Waals surface area contributed by atoms with Gasteiger partial charge in [0.1, 0.15) is 5.76 Å². The van der Waals surface area contributed by atoms with Crippen molar-refractivity contribution in [1.29, 1.82) is 0 Å². The highest BCUT2D eigenvalue weighted by molar-refractivity contribution is 6.51. The maximum Gasteiger partial charge on any atom is 0.302 e. The number of Topliss-reactive ketones (excluding diaryl/α,β-unsaturated/α-hetero) is 1. The number of methoxy groups -OCH3 is 2. The number of rotatable bonds is 5. The summed E-state index contributed by atoms with van der Waals surface area (Å²) in [6.07, 6.45) is 0. The van der Waals surface area contributed by atoms with E-state index in [1.54, 1.807) is 18.2 Å². The van der Waals surface area contributed by atoms with Gasteiger partial charge in [0, 0.05) is 17.7 Å². The van der Waals surface area contributed by atoms with Crippen LogP contribution in [-0.4, -0.2) is 41.0 Å². The first kappa shape index (κ1) is 24.2. The number of aliphatic hydroxyl groups excluding tert-OH is 1. The van der Waals surface area contributed by atoms with Crippen LogP contribution in [0.2, 0.25) is 0 Å². The van der Waals surface area contributed by atoms with Gasteiger partial charge < -0.3 is 19.6 Å². The van der Waals surface area contributed by atoms with Crippen molar-refractivity contribution in [2.75, 3.05) is 19.1 Å². The Labute approximate surface area is 224 Å². The van der Waals surface area contributed by atoms with E-state index in [0.717, 1.165) is 16.3 Å². The van der Waals surface area contributed by atoms with Crippen molar-refractivity contribution in [2.24, 2.45) is 0 Å². The number of carbonyl (C=O) groups excluding carboxylic acids is 2. The molecule has 1 aromatic heterocycles. The van der Waals surface area contributed by atoms with Crippen LogP contribution in [0.15, 0.2) is 84.4 Å². The van der Waals surface area contributed by atoms with Crippen LogP contribution in [0.5, 0.6) is 11.5 Å². The monoisotopic (exact) mass is 519 g/mol. The van der Waals surface area contributed by atoms with Gasteiger partial charge in [-0.15, -0.1) is 0 Å². The summed E-state index contributed by atoms with van der Waals surface area (Å²) in [6, 6.07) is 23.1. The maximum absolute atomic E-state index is 13.6. The third-order valence-corrected chi connectivity index (χ3v) is 7.05. The Bertz CT molecular complexity index is 1770. The molecule has 0 bridgehead atoms. The first-order valence-corrected chi connectivity index (χ1v) is 12.4. The number of nitrogens with one attached hydrogen (secondary N) is 1. The number of aromatic nitrogens is 2. The summed E-state index contributed by atoms with van der Waals surface area (Å²) in [5.74, 6) is -0.668. The molecule has 1 unspecified atom stereocenters. The summed E-state index contributed by atoms with van der Waals surface area (Å²) >= 11 is 0. The summed E-state index contributed by atoms with van der Waals surface area (Å²) in [4.78, 5) is 36.4. The summed E-state index contributed by atoms with van der Waals surface area (Å²) in [7, 11) is 3.06. The third-order valence-electron chi connectivity index (χ3n) is 7.05. The second kappa shape index (κ2) is 9.33. The Morgan fingerprint density at radius 2 is 1.64 bits per heavy atom. The Morgan fingerprint density at radius 3 is 2.41 bits per heavy atom. The Morgan fingerprint density at radius 1 is 0.923 bits per heavy atom. The molecule has 0 spiro atoms. The van der Waals surface area contributed by atoms with Gasteiger partial charge in [-0.2, -0.15) is 0 Å². The fraction of sp³-hybridized carbons (Fsp3) is 0.129. The second-order valence-corrected chi connectivity index (χ2v) is 9.39. The number of ether oxygens (including phenoxy) is 2. The number of nitrogens with zero attached hydrogens (tertiary/aromatic N) is 2. The van der Waals surface area contributed by atoms with Crippen molar-refractivity contribution in [3.63, 3.8) is 0 Å². The summed E-state index contributed by atoms with van der Waals surface area (Å²) in [5.41, 5.74) is 3.22. The molecule has 1 aliphatic heterocycles. The summed E-state index contributed by atoms with van der Waals surface area (Å²) in [6.45, 7) is 1.93. The van der Waals surface area contributed by atoms with E-state index in [2.05, 4.69) is 9.97 Å². The number of benzene rings is 4. The lowest BCUT2D eigenvalue weighted by Gasteiger charge is -2.23. The SMILES string of the molecule is COc1cc2nc(N3C(=O)C(=O)/C(=C(/O)c4cccc5ccccc45)C3c3cccc(C)c3)[nH]c2cc1OC. The number of aryl methyl sites for hydroxylation is 1. The highest BCUT2D eigenvalue weighted by Crippen LogP contribution is 2.43. The van der Waals surface area contributed by atoms with Gasteiger partial charge in [0.05, 0.1) is 36.9 Å². The van der Waals surface area contributed by atoms with Gasteiger partial charge in [-0.25, -0.2) is 4.98 Å². The second-order valence-electron chi connectivity index (χ2n) is 9.39. The zero-order valence-electron chi connectivity index (χ0n) is 21.6. The number of amides is 1. The normalized spacial score (nSPS) is 16.8. The molecule has 0 radical (unpaired) electrons. The number of aromatic amines is 1. The van der Waals surface area contributed by atoms with E-state index >= 15 is 0 Å². The molecule has 1 saturated heterocycles. The lowest BCUT2D eigenvalue weighted by molar-refractivity contribution is -0.132. The van der Waals surface area contributed by atoms with Gasteiger partial charge in [-0.3, -0.25) is 14.5 Å². The molecule has 1 fully saturated rings. The number of ketones is 1. The van der Waals surface area contributed by atoms with Crippen LogP contribution < -0.4 is 14.4 Å². The van der Waals surface area contributed by atoms with E-state index in [1.807, 2.05) is 67.6 Å². The molecule has 1 atom stereocenters. The smallest absolute Gasteiger partial charge is 0.302 e. The average molecular weight is 520 g/mol. The van der Waals surface area contributed by atoms with Crippen molar-refractivity contribution >= 4 is 45.2 Å². The zero-order valence-corrected chi connectivity index (χ0v) is 21.6. The number of H-pyrrole nitrogens is 1. The van der Waals surface area contributed by atoms with E-state index in [9.17, 15) is 14.7 Å². The van der Waals surface area contributed by atoms with Crippen molar-refractivity contribution in [1.82, 2.24) is 9.97 Å². The topological polar surface area (TPSA) is 105 Å². The van der Waals surface area contributed by atoms with E-state index in [-0.39, 0.29) is 17.3 Å². The fourth-order valence-electron chi connectivity index (χ4n) is 5.22. The minimum atomic E-state index is -0.909. The van der Waals surface area contributed by atoms with Crippen LogP contribution in [0.1, 0.15) is 22.7 Å². The first-order valence-electron chi connectivity index (χ1n) is 12.4. The van der Waals surface area contributed by atoms with Gasteiger partial charge in [-0.05, 0) is 23.3 Å². The molecular formula is C31H25N3O5. The number of aliphatic hydroxyl groups is 1. The number of hydrogen-bond donors (Lipinski definition) is 2. The number of hydrogen-bond acceptors (Lipinski definition) is 6. The minimum Gasteiger partial charge on any atom is -0.507 e. The highest BCUT2D eigenvalue weighted by atomic mass is 16.5. The quantitative estimate of drug-likeness (QED) is 0.176. The number of fused-ring (bicyclic) bond motifs is 2. The maximum atomic E-state index is 13.6. The summed E-state index contributed by atoms with van der Waals surface area (Å²) < 4.78 is 10.8. The fourth-order valence-corrected chi connectivity index (χ4v) is 5.22. The molecule has 8 nitrogen and oxygen atoms in total. The molecule has 4 aromatic carbocycles. The molecule has 2 N–H and O–H groups in total. The van der Waals surface area contributed by atoms with Gasteiger partial charge >= 0.3 is 5.91 Å². The molecule has 6 rings (SSSR count). The van der Waals surface area contributed by atoms with E-state index in [4.69, 9.17) is 9.47 Å². The molecule has 5 aromatic rings. The zero-order chi connectivity index (χ0) is 27.3. The minimum absolute atomic E-state index is 0.00225. The van der Waals surface area contributed by atoms with Crippen LogP contribution in [0.4, 0.5) is 5.95 Å². The lowest BCUT2D eigenvalue weighted by Crippen LogP contribution is -2.30. The molecule has 0 aliphatic carbocycles. The number of carbonyl (C=O) groups is 2. The molecule has 39 heavy (non-hydrogen) atoms. The largest absolute Gasteiger partial charge is 0.507 e. The Balaban J connectivity index is 1.59. The lowest BCUT2D eigenvalue weighted by atomic mass is 9.93. The van der Waals surface area contributed by atoms with Gasteiger partial charge in [0.15, 0.2) is 11.5 Å². The van der Waals surface area contributed by atoms with Crippen molar-refractivity contribution in [2.45, 2.75) is 13.0 Å². The molecular weight excluding hydrogens is 494 g/mol. The van der Waals surface area contributed by atoms with Crippen molar-refractivity contribution < 1.29 is 24.2 Å². The van der Waals surface area contributed by atoms with Gasteiger partial charge in [0.2, 0.25) is 5.95 Å². The first-order chi connectivity index (χ1) is 18.9. The van der Waals surface area contributed by atoms with Crippen molar-refractivity contribution in [3.8, 4) is 11.5 Å². The Hall–Kier alpha value is -5.11. The van der Waals surface area contributed by atoms with Gasteiger partial charge in [-0.1, -0.05) is 72.3 Å². The van der Waals surface area contributed by atoms with E-state index in [0.29, 0.717) is 33.7 Å². The standard InChI is InChI=1S/C31H25N3O5/c1-17-8-6-11-19(14-17)27-26(28(35)21-13-7-10-18-9-4-5-12-20(18)21)29(36)30(37)34(27)31-32-22-15-24(38-2)25(39-3)16-23(22)33-31/h4-16,27,35H,1-3H3,(H,32,33)/b28-26+. The molecule has 1 aliphatic rings. The van der Waals surface area contributed by atoms with Crippen LogP contribution in [0.25, 0.3) is 27.6 Å². The molecule has 8 heteroatoms. The van der Waals surface area contributed by atoms with Crippen LogP contribution in [0, 0.1) is 6.92 Å². The van der Waals surface area contributed by atoms with Crippen LogP contribution >= 0.6 is 0 Å².